The van der Waals surface area contributed by atoms with Crippen molar-refractivity contribution in [2.24, 2.45) is 0 Å². The van der Waals surface area contributed by atoms with E-state index in [0.29, 0.717) is 19.3 Å². The Bertz CT molecular complexity index is 653. The Balaban J connectivity index is 1.68. The second-order valence-electron chi connectivity index (χ2n) is 6.48. The van der Waals surface area contributed by atoms with E-state index in [9.17, 15) is 0 Å². The van der Waals surface area contributed by atoms with Crippen LogP contribution in [0.1, 0.15) is 20.8 Å². The largest absolute Gasteiger partial charge is 0.490 e. The Morgan fingerprint density at radius 2 is 1.92 bits per heavy atom. The van der Waals surface area contributed by atoms with Crippen molar-refractivity contribution in [2.75, 3.05) is 26.3 Å². The van der Waals surface area contributed by atoms with Crippen LogP contribution in [0.5, 0.6) is 5.75 Å². The lowest BCUT2D eigenvalue weighted by Crippen LogP contribution is -2.52. The van der Waals surface area contributed by atoms with Crippen LogP contribution in [-0.2, 0) is 9.47 Å². The molecule has 1 heterocycles. The van der Waals surface area contributed by atoms with Gasteiger partial charge in [-0.15, -0.1) is 0 Å². The first kappa shape index (κ1) is 17.2. The SMILES string of the molecule is CCOC1CN(C(C)C)CC(COc2cccc3ccccc23)O1. The smallest absolute Gasteiger partial charge is 0.170 e. The Hall–Kier alpha value is -1.62. The molecule has 2 unspecified atom stereocenters. The van der Waals surface area contributed by atoms with Crippen LogP contribution in [0.15, 0.2) is 42.5 Å². The molecule has 3 rings (SSSR count). The Kier molecular flexibility index (Phi) is 5.72. The number of hydrogen-bond donors (Lipinski definition) is 0. The van der Waals surface area contributed by atoms with E-state index in [1.165, 1.54) is 5.39 Å². The van der Waals surface area contributed by atoms with Crippen molar-refractivity contribution in [1.29, 1.82) is 0 Å². The zero-order chi connectivity index (χ0) is 16.9. The molecule has 1 saturated heterocycles. The van der Waals surface area contributed by atoms with Crippen molar-refractivity contribution in [2.45, 2.75) is 39.2 Å². The van der Waals surface area contributed by atoms with Crippen LogP contribution in [-0.4, -0.2) is 49.6 Å². The van der Waals surface area contributed by atoms with Crippen LogP contribution < -0.4 is 4.74 Å². The predicted octanol–water partition coefficient (Wildman–Crippen LogP) is 3.69. The molecule has 0 aliphatic carbocycles. The maximum atomic E-state index is 6.11. The molecule has 0 amide bonds. The highest BCUT2D eigenvalue weighted by atomic mass is 16.7. The van der Waals surface area contributed by atoms with Crippen molar-refractivity contribution in [1.82, 2.24) is 4.90 Å². The van der Waals surface area contributed by atoms with Crippen LogP contribution in [0.3, 0.4) is 0 Å². The van der Waals surface area contributed by atoms with Crippen LogP contribution in [0.25, 0.3) is 10.8 Å². The maximum absolute atomic E-state index is 6.11. The predicted molar refractivity (Wildman–Crippen MR) is 96.4 cm³/mol. The van der Waals surface area contributed by atoms with Gasteiger partial charge in [0.2, 0.25) is 0 Å². The summed E-state index contributed by atoms with van der Waals surface area (Å²) in [5.74, 6) is 0.909. The summed E-state index contributed by atoms with van der Waals surface area (Å²) in [5, 5.41) is 2.33. The van der Waals surface area contributed by atoms with Gasteiger partial charge < -0.3 is 14.2 Å². The van der Waals surface area contributed by atoms with Crippen LogP contribution in [0.4, 0.5) is 0 Å². The van der Waals surface area contributed by atoms with Gasteiger partial charge in [0.1, 0.15) is 18.5 Å². The van der Waals surface area contributed by atoms with Crippen LogP contribution in [0.2, 0.25) is 0 Å². The van der Waals surface area contributed by atoms with Gasteiger partial charge in [-0.3, -0.25) is 4.90 Å². The van der Waals surface area contributed by atoms with Gasteiger partial charge in [0.15, 0.2) is 6.29 Å². The molecule has 0 saturated carbocycles. The lowest BCUT2D eigenvalue weighted by molar-refractivity contribution is -0.217. The molecule has 0 aromatic heterocycles. The topological polar surface area (TPSA) is 30.9 Å². The van der Waals surface area contributed by atoms with Crippen molar-refractivity contribution in [3.8, 4) is 5.75 Å². The van der Waals surface area contributed by atoms with E-state index in [1.807, 2.05) is 31.2 Å². The third-order valence-electron chi connectivity index (χ3n) is 4.42. The monoisotopic (exact) mass is 329 g/mol. The quantitative estimate of drug-likeness (QED) is 0.809. The van der Waals surface area contributed by atoms with E-state index in [1.54, 1.807) is 0 Å². The lowest BCUT2D eigenvalue weighted by atomic mass is 10.1. The summed E-state index contributed by atoms with van der Waals surface area (Å²) in [4.78, 5) is 2.39. The molecule has 0 bridgehead atoms. The van der Waals surface area contributed by atoms with Crippen molar-refractivity contribution < 1.29 is 14.2 Å². The van der Waals surface area contributed by atoms with E-state index in [2.05, 4.69) is 36.9 Å². The highest BCUT2D eigenvalue weighted by Crippen LogP contribution is 2.26. The minimum atomic E-state index is -0.174. The van der Waals surface area contributed by atoms with Crippen LogP contribution in [0, 0.1) is 0 Å². The van der Waals surface area contributed by atoms with Gasteiger partial charge in [0, 0.05) is 31.1 Å². The first-order valence-electron chi connectivity index (χ1n) is 8.79. The van der Waals surface area contributed by atoms with E-state index >= 15 is 0 Å². The number of benzene rings is 2. The Labute approximate surface area is 144 Å². The average molecular weight is 329 g/mol. The molecule has 2 aromatic carbocycles. The second kappa shape index (κ2) is 7.97. The maximum Gasteiger partial charge on any atom is 0.170 e. The van der Waals surface area contributed by atoms with E-state index < -0.39 is 0 Å². The second-order valence-corrected chi connectivity index (χ2v) is 6.48. The average Bonchev–Trinajstić information content (AvgIpc) is 2.60. The lowest BCUT2D eigenvalue weighted by Gasteiger charge is -2.39. The minimum Gasteiger partial charge on any atom is -0.490 e. The zero-order valence-corrected chi connectivity index (χ0v) is 14.8. The summed E-state index contributed by atoms with van der Waals surface area (Å²) in [5.41, 5.74) is 0. The fraction of sp³-hybridized carbons (Fsp3) is 0.500. The zero-order valence-electron chi connectivity index (χ0n) is 14.8. The molecular formula is C20H27NO3. The molecule has 0 spiro atoms. The molecule has 1 aliphatic heterocycles. The molecule has 1 aliphatic rings. The van der Waals surface area contributed by atoms with Gasteiger partial charge in [0.25, 0.3) is 0 Å². The van der Waals surface area contributed by atoms with E-state index in [-0.39, 0.29) is 12.4 Å². The first-order valence-corrected chi connectivity index (χ1v) is 8.79. The van der Waals surface area contributed by atoms with Gasteiger partial charge >= 0.3 is 0 Å². The molecule has 2 aromatic rings. The van der Waals surface area contributed by atoms with Crippen molar-refractivity contribution >= 4 is 10.8 Å². The van der Waals surface area contributed by atoms with Gasteiger partial charge in [-0.25, -0.2) is 0 Å². The summed E-state index contributed by atoms with van der Waals surface area (Å²) in [6.07, 6.45) is -0.163. The van der Waals surface area contributed by atoms with Crippen molar-refractivity contribution in [3.63, 3.8) is 0 Å². The van der Waals surface area contributed by atoms with Gasteiger partial charge in [0.05, 0.1) is 0 Å². The molecule has 0 N–H and O–H groups in total. The number of ether oxygens (including phenoxy) is 3. The summed E-state index contributed by atoms with van der Waals surface area (Å²) in [7, 11) is 0. The third-order valence-corrected chi connectivity index (χ3v) is 4.42. The molecule has 4 heteroatoms. The van der Waals surface area contributed by atoms with E-state index in [0.717, 1.165) is 24.2 Å². The Morgan fingerprint density at radius 3 is 2.71 bits per heavy atom. The number of fused-ring (bicyclic) bond motifs is 1. The molecule has 130 valence electrons. The van der Waals surface area contributed by atoms with Gasteiger partial charge in [-0.05, 0) is 32.2 Å². The molecule has 1 fully saturated rings. The summed E-state index contributed by atoms with van der Waals surface area (Å²) < 4.78 is 17.9. The normalized spacial score (nSPS) is 22.2. The summed E-state index contributed by atoms with van der Waals surface area (Å²) in [6, 6.07) is 14.9. The standard InChI is InChI=1S/C20H27NO3/c1-4-22-20-13-21(15(2)3)12-17(24-20)14-23-19-11-7-9-16-8-5-6-10-18(16)19/h5-11,15,17,20H,4,12-14H2,1-3H3. The third kappa shape index (κ3) is 4.07. The first-order chi connectivity index (χ1) is 11.7. The molecule has 4 nitrogen and oxygen atoms in total. The number of morpholine rings is 1. The molecular weight excluding hydrogens is 302 g/mol. The fourth-order valence-electron chi connectivity index (χ4n) is 3.12. The molecule has 24 heavy (non-hydrogen) atoms. The number of hydrogen-bond acceptors (Lipinski definition) is 4. The van der Waals surface area contributed by atoms with Crippen LogP contribution >= 0.6 is 0 Å². The van der Waals surface area contributed by atoms with Gasteiger partial charge in [-0.1, -0.05) is 36.4 Å². The Morgan fingerprint density at radius 1 is 1.12 bits per heavy atom. The molecule has 0 radical (unpaired) electrons. The van der Waals surface area contributed by atoms with E-state index in [4.69, 9.17) is 14.2 Å². The highest BCUT2D eigenvalue weighted by Gasteiger charge is 2.30. The highest BCUT2D eigenvalue weighted by molar-refractivity contribution is 5.88. The number of nitrogens with zero attached hydrogens (tertiary/aromatic N) is 1. The summed E-state index contributed by atoms with van der Waals surface area (Å²) >= 11 is 0. The summed E-state index contributed by atoms with van der Waals surface area (Å²) in [6.45, 7) is 9.28. The van der Waals surface area contributed by atoms with Gasteiger partial charge in [-0.2, -0.15) is 0 Å². The number of rotatable bonds is 6. The molecule has 2 atom stereocenters. The van der Waals surface area contributed by atoms with Crippen molar-refractivity contribution in [3.05, 3.63) is 42.5 Å². The fourth-order valence-corrected chi connectivity index (χ4v) is 3.12. The minimum absolute atomic E-state index is 0.0108.